The highest BCUT2D eigenvalue weighted by atomic mass is 35.5. The van der Waals surface area contributed by atoms with E-state index < -0.39 is 17.0 Å². The van der Waals surface area contributed by atoms with Gasteiger partial charge in [-0.25, -0.2) is 8.78 Å². The molecule has 2 rings (SSSR count). The van der Waals surface area contributed by atoms with Gasteiger partial charge in [0.15, 0.2) is 11.6 Å². The molecule has 4 heteroatoms. The molecule has 1 heterocycles. The van der Waals surface area contributed by atoms with Gasteiger partial charge in [0.25, 0.3) is 0 Å². The van der Waals surface area contributed by atoms with Crippen LogP contribution in [0.5, 0.6) is 0 Å². The third-order valence-electron chi connectivity index (χ3n) is 2.50. The number of halogens is 3. The van der Waals surface area contributed by atoms with Gasteiger partial charge in [-0.05, 0) is 37.1 Å². The summed E-state index contributed by atoms with van der Waals surface area (Å²) < 4.78 is 31.8. The summed E-state index contributed by atoms with van der Waals surface area (Å²) in [6, 6.07) is 7.59. The van der Waals surface area contributed by atoms with E-state index in [-0.39, 0.29) is 12.0 Å². The Morgan fingerprint density at radius 1 is 1.24 bits per heavy atom. The number of benzene rings is 1. The third kappa shape index (κ3) is 2.67. The lowest BCUT2D eigenvalue weighted by Gasteiger charge is -2.08. The van der Waals surface area contributed by atoms with Crippen LogP contribution in [0.15, 0.2) is 34.7 Å². The number of rotatable bonds is 3. The van der Waals surface area contributed by atoms with Crippen LogP contribution in [0.2, 0.25) is 0 Å². The van der Waals surface area contributed by atoms with Crippen molar-refractivity contribution in [3.05, 3.63) is 59.1 Å². The fourth-order valence-electron chi connectivity index (χ4n) is 1.62. The quantitative estimate of drug-likeness (QED) is 0.743. The summed E-state index contributed by atoms with van der Waals surface area (Å²) in [5.41, 5.74) is 0.249. The molecule has 1 aromatic heterocycles. The molecule has 0 spiro atoms. The largest absolute Gasteiger partial charge is 0.465 e. The molecule has 90 valence electrons. The minimum Gasteiger partial charge on any atom is -0.465 e. The second-order valence-corrected chi connectivity index (χ2v) is 4.36. The maximum Gasteiger partial charge on any atom is 0.162 e. The van der Waals surface area contributed by atoms with E-state index in [0.29, 0.717) is 5.76 Å². The van der Waals surface area contributed by atoms with E-state index in [0.717, 1.165) is 11.8 Å². The lowest BCUT2D eigenvalue weighted by molar-refractivity contribution is 0.468. The molecular formula is C13H11ClF2O. The second-order valence-electron chi connectivity index (χ2n) is 3.83. The predicted molar refractivity (Wildman–Crippen MR) is 62.1 cm³/mol. The van der Waals surface area contributed by atoms with Crippen molar-refractivity contribution in [3.8, 4) is 0 Å². The Labute approximate surface area is 103 Å². The second kappa shape index (κ2) is 4.88. The molecule has 1 nitrogen and oxygen atoms in total. The maximum absolute atomic E-state index is 13.4. The summed E-state index contributed by atoms with van der Waals surface area (Å²) in [4.78, 5) is 0. The zero-order chi connectivity index (χ0) is 12.4. The zero-order valence-electron chi connectivity index (χ0n) is 9.21. The van der Waals surface area contributed by atoms with Gasteiger partial charge in [-0.2, -0.15) is 0 Å². The fraction of sp³-hybridized carbons (Fsp3) is 0.231. The molecule has 0 aliphatic rings. The van der Waals surface area contributed by atoms with Gasteiger partial charge in [0.1, 0.15) is 11.5 Å². The van der Waals surface area contributed by atoms with Gasteiger partial charge in [0.2, 0.25) is 0 Å². The molecule has 0 saturated carbocycles. The van der Waals surface area contributed by atoms with E-state index in [2.05, 4.69) is 0 Å². The van der Waals surface area contributed by atoms with Crippen LogP contribution in [0.1, 0.15) is 22.5 Å². The number of aryl methyl sites for hydroxylation is 1. The van der Waals surface area contributed by atoms with Gasteiger partial charge in [0, 0.05) is 0 Å². The topological polar surface area (TPSA) is 13.1 Å². The number of hydrogen-bond donors (Lipinski definition) is 0. The monoisotopic (exact) mass is 256 g/mol. The van der Waals surface area contributed by atoms with Crippen molar-refractivity contribution in [2.45, 2.75) is 18.7 Å². The van der Waals surface area contributed by atoms with E-state index in [4.69, 9.17) is 16.0 Å². The van der Waals surface area contributed by atoms with Crippen LogP contribution < -0.4 is 0 Å². The first kappa shape index (κ1) is 12.1. The lowest BCUT2D eigenvalue weighted by Crippen LogP contribution is -1.99. The maximum atomic E-state index is 13.4. The van der Waals surface area contributed by atoms with Gasteiger partial charge < -0.3 is 4.42 Å². The highest BCUT2D eigenvalue weighted by Crippen LogP contribution is 2.27. The molecule has 0 aliphatic heterocycles. The van der Waals surface area contributed by atoms with E-state index in [9.17, 15) is 8.78 Å². The Morgan fingerprint density at radius 3 is 2.65 bits per heavy atom. The van der Waals surface area contributed by atoms with Crippen LogP contribution in [-0.2, 0) is 6.42 Å². The summed E-state index contributed by atoms with van der Waals surface area (Å²) in [6.07, 6.45) is 0.193. The van der Waals surface area contributed by atoms with Crippen molar-refractivity contribution < 1.29 is 13.2 Å². The average Bonchev–Trinajstić information content (AvgIpc) is 2.72. The lowest BCUT2D eigenvalue weighted by atomic mass is 10.1. The zero-order valence-corrected chi connectivity index (χ0v) is 9.97. The van der Waals surface area contributed by atoms with Crippen molar-refractivity contribution in [1.82, 2.24) is 0 Å². The molecular weight excluding hydrogens is 246 g/mol. The molecule has 1 unspecified atom stereocenters. The minimum absolute atomic E-state index is 0.193. The smallest absolute Gasteiger partial charge is 0.162 e. The summed E-state index contributed by atoms with van der Waals surface area (Å²) in [6.45, 7) is 1.80. The normalized spacial score (nSPS) is 12.7. The van der Waals surface area contributed by atoms with E-state index in [1.807, 2.05) is 0 Å². The molecule has 0 radical (unpaired) electrons. The Kier molecular flexibility index (Phi) is 3.48. The molecule has 1 aromatic carbocycles. The first-order chi connectivity index (χ1) is 8.08. The van der Waals surface area contributed by atoms with Gasteiger partial charge in [-0.15, -0.1) is 11.6 Å². The van der Waals surface area contributed by atoms with Crippen LogP contribution in [0.3, 0.4) is 0 Å². The van der Waals surface area contributed by atoms with Gasteiger partial charge >= 0.3 is 0 Å². The SMILES string of the molecule is Cc1ccc(C(Cl)Cc2cccc(F)c2F)o1. The van der Waals surface area contributed by atoms with E-state index in [1.165, 1.54) is 12.1 Å². The van der Waals surface area contributed by atoms with Crippen LogP contribution in [0, 0.1) is 18.6 Å². The van der Waals surface area contributed by atoms with Gasteiger partial charge in [0.05, 0.1) is 5.38 Å². The summed E-state index contributed by atoms with van der Waals surface area (Å²) in [5, 5.41) is -0.500. The molecule has 0 bridgehead atoms. The third-order valence-corrected chi connectivity index (χ3v) is 2.87. The molecule has 0 amide bonds. The summed E-state index contributed by atoms with van der Waals surface area (Å²) >= 11 is 6.10. The molecule has 17 heavy (non-hydrogen) atoms. The standard InChI is InChI=1S/C13H11ClF2O/c1-8-5-6-12(17-8)10(14)7-9-3-2-4-11(15)13(9)16/h2-6,10H,7H2,1H3. The first-order valence-electron chi connectivity index (χ1n) is 5.21. The Hall–Kier alpha value is -1.35. The minimum atomic E-state index is -0.859. The van der Waals surface area contributed by atoms with Crippen molar-refractivity contribution in [2.24, 2.45) is 0 Å². The molecule has 1 atom stereocenters. The highest BCUT2D eigenvalue weighted by Gasteiger charge is 2.16. The van der Waals surface area contributed by atoms with Crippen LogP contribution in [0.25, 0.3) is 0 Å². The Balaban J connectivity index is 2.18. The number of alkyl halides is 1. The summed E-state index contributed by atoms with van der Waals surface area (Å²) in [5.74, 6) is -0.401. The number of hydrogen-bond acceptors (Lipinski definition) is 1. The van der Waals surface area contributed by atoms with Crippen molar-refractivity contribution in [2.75, 3.05) is 0 Å². The molecule has 0 aliphatic carbocycles. The van der Waals surface area contributed by atoms with Crippen LogP contribution in [-0.4, -0.2) is 0 Å². The van der Waals surface area contributed by atoms with Crippen molar-refractivity contribution >= 4 is 11.6 Å². The van der Waals surface area contributed by atoms with Crippen molar-refractivity contribution in [1.29, 1.82) is 0 Å². The van der Waals surface area contributed by atoms with Gasteiger partial charge in [-0.1, -0.05) is 12.1 Å². The fourth-order valence-corrected chi connectivity index (χ4v) is 1.91. The van der Waals surface area contributed by atoms with E-state index in [1.54, 1.807) is 19.1 Å². The van der Waals surface area contributed by atoms with Crippen LogP contribution >= 0.6 is 11.6 Å². The highest BCUT2D eigenvalue weighted by molar-refractivity contribution is 6.20. The molecule has 0 N–H and O–H groups in total. The molecule has 0 fully saturated rings. The molecule has 0 saturated heterocycles. The van der Waals surface area contributed by atoms with Crippen molar-refractivity contribution in [3.63, 3.8) is 0 Å². The van der Waals surface area contributed by atoms with Gasteiger partial charge in [-0.3, -0.25) is 0 Å². The Morgan fingerprint density at radius 2 is 2.00 bits per heavy atom. The Bertz CT molecular complexity index is 522. The first-order valence-corrected chi connectivity index (χ1v) is 5.65. The average molecular weight is 257 g/mol. The predicted octanol–water partition coefficient (Wildman–Crippen LogP) is 4.39. The summed E-state index contributed by atoms with van der Waals surface area (Å²) in [7, 11) is 0. The van der Waals surface area contributed by atoms with E-state index >= 15 is 0 Å². The molecule has 2 aromatic rings. The number of furan rings is 1. The van der Waals surface area contributed by atoms with Crippen LogP contribution in [0.4, 0.5) is 8.78 Å².